The van der Waals surface area contributed by atoms with Crippen molar-refractivity contribution < 1.29 is 14.4 Å². The standard InChI is InChI=1S/C17H29NO3/c1-8-9-10-11-17(7,14(19)20-15(2,3)4)13-12-16(5,6)21-18-13/h8H,1,9-12H2,2-7H3. The molecule has 120 valence electrons. The van der Waals surface area contributed by atoms with Crippen molar-refractivity contribution in [2.45, 2.75) is 78.4 Å². The average molecular weight is 295 g/mol. The fourth-order valence-corrected chi connectivity index (χ4v) is 2.30. The molecule has 21 heavy (non-hydrogen) atoms. The molecule has 0 aromatic heterocycles. The number of ether oxygens (including phenoxy) is 1. The van der Waals surface area contributed by atoms with E-state index in [4.69, 9.17) is 9.57 Å². The lowest BCUT2D eigenvalue weighted by molar-refractivity contribution is -0.163. The molecule has 0 N–H and O–H groups in total. The molecule has 0 amide bonds. The fourth-order valence-electron chi connectivity index (χ4n) is 2.30. The van der Waals surface area contributed by atoms with Crippen molar-refractivity contribution in [2.24, 2.45) is 10.6 Å². The number of rotatable bonds is 6. The third-order valence-electron chi connectivity index (χ3n) is 3.57. The van der Waals surface area contributed by atoms with E-state index in [-0.39, 0.29) is 11.6 Å². The summed E-state index contributed by atoms with van der Waals surface area (Å²) in [7, 11) is 0. The van der Waals surface area contributed by atoms with Gasteiger partial charge in [-0.05, 0) is 60.8 Å². The van der Waals surface area contributed by atoms with Crippen LogP contribution in [0.4, 0.5) is 0 Å². The predicted octanol–water partition coefficient (Wildman–Crippen LogP) is 4.25. The largest absolute Gasteiger partial charge is 0.459 e. The van der Waals surface area contributed by atoms with E-state index < -0.39 is 11.0 Å². The lowest BCUT2D eigenvalue weighted by Crippen LogP contribution is -2.42. The van der Waals surface area contributed by atoms with Crippen molar-refractivity contribution in [2.75, 3.05) is 0 Å². The number of allylic oxidation sites excluding steroid dienone is 1. The van der Waals surface area contributed by atoms with E-state index in [0.717, 1.165) is 18.6 Å². The SMILES string of the molecule is C=CCCCC(C)(C(=O)OC(C)(C)C)C1=NOC(C)(C)C1. The number of nitrogens with zero attached hydrogens (tertiary/aromatic N) is 1. The molecule has 0 fully saturated rings. The van der Waals surface area contributed by atoms with Gasteiger partial charge < -0.3 is 9.57 Å². The van der Waals surface area contributed by atoms with Crippen LogP contribution >= 0.6 is 0 Å². The Morgan fingerprint density at radius 1 is 1.43 bits per heavy atom. The highest BCUT2D eigenvalue weighted by Crippen LogP contribution is 2.37. The molecule has 1 atom stereocenters. The van der Waals surface area contributed by atoms with Gasteiger partial charge in [0.05, 0.1) is 5.71 Å². The van der Waals surface area contributed by atoms with E-state index >= 15 is 0 Å². The van der Waals surface area contributed by atoms with E-state index in [9.17, 15) is 4.79 Å². The first-order valence-electron chi connectivity index (χ1n) is 7.60. The van der Waals surface area contributed by atoms with Crippen molar-refractivity contribution in [3.05, 3.63) is 12.7 Å². The Labute approximate surface area is 128 Å². The number of esters is 1. The van der Waals surface area contributed by atoms with Crippen molar-refractivity contribution in [1.29, 1.82) is 0 Å². The van der Waals surface area contributed by atoms with Crippen LogP contribution in [0.25, 0.3) is 0 Å². The smallest absolute Gasteiger partial charge is 0.318 e. The highest BCUT2D eigenvalue weighted by molar-refractivity contribution is 6.07. The molecule has 0 aromatic rings. The molecule has 4 nitrogen and oxygen atoms in total. The highest BCUT2D eigenvalue weighted by atomic mass is 16.7. The second kappa shape index (κ2) is 6.20. The number of unbranched alkanes of at least 4 members (excludes halogenated alkanes) is 1. The summed E-state index contributed by atoms with van der Waals surface area (Å²) in [6, 6.07) is 0. The van der Waals surface area contributed by atoms with Crippen LogP contribution in [0.15, 0.2) is 17.8 Å². The van der Waals surface area contributed by atoms with Gasteiger partial charge in [0.2, 0.25) is 0 Å². The van der Waals surface area contributed by atoms with Crippen LogP contribution in [0.5, 0.6) is 0 Å². The first-order chi connectivity index (χ1) is 9.50. The zero-order chi connectivity index (χ0) is 16.3. The summed E-state index contributed by atoms with van der Waals surface area (Å²) in [4.78, 5) is 18.1. The van der Waals surface area contributed by atoms with Gasteiger partial charge >= 0.3 is 5.97 Å². The maximum absolute atomic E-state index is 12.7. The Hall–Kier alpha value is -1.32. The summed E-state index contributed by atoms with van der Waals surface area (Å²) in [6.07, 6.45) is 4.95. The molecule has 0 radical (unpaired) electrons. The van der Waals surface area contributed by atoms with Crippen molar-refractivity contribution in [1.82, 2.24) is 0 Å². The van der Waals surface area contributed by atoms with Crippen LogP contribution in [0, 0.1) is 5.41 Å². The van der Waals surface area contributed by atoms with E-state index in [1.165, 1.54) is 0 Å². The fraction of sp³-hybridized carbons (Fsp3) is 0.765. The Morgan fingerprint density at radius 3 is 2.48 bits per heavy atom. The van der Waals surface area contributed by atoms with Crippen molar-refractivity contribution >= 4 is 11.7 Å². The summed E-state index contributed by atoms with van der Waals surface area (Å²) >= 11 is 0. The van der Waals surface area contributed by atoms with Gasteiger partial charge in [-0.25, -0.2) is 0 Å². The number of oxime groups is 1. The number of hydrogen-bond donors (Lipinski definition) is 0. The molecule has 0 saturated carbocycles. The van der Waals surface area contributed by atoms with Gasteiger partial charge in [-0.2, -0.15) is 0 Å². The van der Waals surface area contributed by atoms with Gasteiger partial charge in [-0.3, -0.25) is 4.79 Å². The lowest BCUT2D eigenvalue weighted by atomic mass is 9.76. The summed E-state index contributed by atoms with van der Waals surface area (Å²) in [5, 5.41) is 4.18. The summed E-state index contributed by atoms with van der Waals surface area (Å²) in [5.74, 6) is -0.223. The second-order valence-electron chi connectivity index (χ2n) is 7.58. The molecular formula is C17H29NO3. The minimum Gasteiger partial charge on any atom is -0.459 e. The van der Waals surface area contributed by atoms with E-state index in [1.807, 2.05) is 47.6 Å². The third-order valence-corrected chi connectivity index (χ3v) is 3.57. The second-order valence-corrected chi connectivity index (χ2v) is 7.58. The normalized spacial score (nSPS) is 20.2. The summed E-state index contributed by atoms with van der Waals surface area (Å²) < 4.78 is 5.61. The highest BCUT2D eigenvalue weighted by Gasteiger charge is 2.46. The van der Waals surface area contributed by atoms with Crippen LogP contribution in [0.3, 0.4) is 0 Å². The zero-order valence-electron chi connectivity index (χ0n) is 14.3. The molecule has 1 unspecified atom stereocenters. The monoisotopic (exact) mass is 295 g/mol. The van der Waals surface area contributed by atoms with Gasteiger partial charge in [-0.15, -0.1) is 6.58 Å². The van der Waals surface area contributed by atoms with Gasteiger partial charge in [-0.1, -0.05) is 11.2 Å². The van der Waals surface area contributed by atoms with Crippen LogP contribution in [-0.2, 0) is 14.4 Å². The Balaban J connectivity index is 2.95. The van der Waals surface area contributed by atoms with Crippen LogP contribution < -0.4 is 0 Å². The molecule has 4 heteroatoms. The van der Waals surface area contributed by atoms with Gasteiger partial charge in [0.25, 0.3) is 0 Å². The molecule has 0 aliphatic carbocycles. The Morgan fingerprint density at radius 2 is 2.05 bits per heavy atom. The maximum atomic E-state index is 12.7. The lowest BCUT2D eigenvalue weighted by Gasteiger charge is -2.31. The van der Waals surface area contributed by atoms with E-state index in [2.05, 4.69) is 11.7 Å². The molecule has 1 heterocycles. The topological polar surface area (TPSA) is 47.9 Å². The molecule has 1 aliphatic heterocycles. The van der Waals surface area contributed by atoms with Gasteiger partial charge in [0.1, 0.15) is 16.6 Å². The summed E-state index contributed by atoms with van der Waals surface area (Å²) in [5.41, 5.74) is -0.807. The Kier molecular flexibility index (Phi) is 5.24. The number of carbonyl (C=O) groups is 1. The van der Waals surface area contributed by atoms with Crippen LogP contribution in [0.2, 0.25) is 0 Å². The maximum Gasteiger partial charge on any atom is 0.318 e. The molecule has 0 bridgehead atoms. The number of hydrogen-bond acceptors (Lipinski definition) is 4. The van der Waals surface area contributed by atoms with E-state index in [1.54, 1.807) is 0 Å². The number of carbonyl (C=O) groups excluding carboxylic acids is 1. The van der Waals surface area contributed by atoms with Crippen LogP contribution in [0.1, 0.15) is 67.2 Å². The Bertz CT molecular complexity index is 432. The van der Waals surface area contributed by atoms with Crippen LogP contribution in [-0.4, -0.2) is 22.9 Å². The van der Waals surface area contributed by atoms with Gasteiger partial charge in [0.15, 0.2) is 0 Å². The average Bonchev–Trinajstić information content (AvgIpc) is 2.68. The molecular weight excluding hydrogens is 266 g/mol. The predicted molar refractivity (Wildman–Crippen MR) is 85.2 cm³/mol. The minimum atomic E-state index is -0.732. The molecule has 0 saturated heterocycles. The van der Waals surface area contributed by atoms with Crippen molar-refractivity contribution in [3.63, 3.8) is 0 Å². The first kappa shape index (κ1) is 17.7. The summed E-state index contributed by atoms with van der Waals surface area (Å²) in [6.45, 7) is 15.2. The molecule has 1 aliphatic rings. The zero-order valence-corrected chi connectivity index (χ0v) is 14.3. The third kappa shape index (κ3) is 4.87. The minimum absolute atomic E-state index is 0.223. The molecule has 0 aromatic carbocycles. The van der Waals surface area contributed by atoms with Gasteiger partial charge in [0, 0.05) is 6.42 Å². The first-order valence-corrected chi connectivity index (χ1v) is 7.60. The quantitative estimate of drug-likeness (QED) is 0.418. The van der Waals surface area contributed by atoms with E-state index in [0.29, 0.717) is 12.8 Å². The molecule has 0 spiro atoms. The van der Waals surface area contributed by atoms with Crippen molar-refractivity contribution in [3.8, 4) is 0 Å². The molecule has 1 rings (SSSR count).